The first-order valence-corrected chi connectivity index (χ1v) is 7.98. The molecular weight excluding hydrogens is 236 g/mol. The van der Waals surface area contributed by atoms with Crippen LogP contribution in [0.2, 0.25) is 0 Å². The van der Waals surface area contributed by atoms with Crippen molar-refractivity contribution in [3.63, 3.8) is 0 Å². The minimum Gasteiger partial charge on any atom is -0.350 e. The molecule has 0 amide bonds. The molecule has 2 atom stereocenters. The summed E-state index contributed by atoms with van der Waals surface area (Å²) in [7, 11) is 0. The van der Waals surface area contributed by atoms with E-state index in [1.165, 1.54) is 38.5 Å². The summed E-state index contributed by atoms with van der Waals surface area (Å²) in [6, 6.07) is 0. The van der Waals surface area contributed by atoms with Crippen LogP contribution in [0, 0.1) is 0 Å². The van der Waals surface area contributed by atoms with E-state index in [-0.39, 0.29) is 11.9 Å². The maximum Gasteiger partial charge on any atom is 0.158 e. The average molecular weight is 268 g/mol. The number of unbranched alkanes of at least 4 members (excludes halogenated alkanes) is 6. The fourth-order valence-electron chi connectivity index (χ4n) is 2.86. The quantitative estimate of drug-likeness (QED) is 0.421. The van der Waals surface area contributed by atoms with Gasteiger partial charge in [0.1, 0.15) is 0 Å². The van der Waals surface area contributed by atoms with E-state index < -0.39 is 0 Å². The highest BCUT2D eigenvalue weighted by Crippen LogP contribution is 2.29. The molecule has 19 heavy (non-hydrogen) atoms. The van der Waals surface area contributed by atoms with E-state index in [0.717, 1.165) is 19.3 Å². The maximum absolute atomic E-state index is 5.97. The summed E-state index contributed by atoms with van der Waals surface area (Å²) in [6.07, 6.45) is 13.4. The Labute approximate surface area is 119 Å². The van der Waals surface area contributed by atoms with Crippen molar-refractivity contribution >= 4 is 0 Å². The molecule has 1 aliphatic heterocycles. The minimum absolute atomic E-state index is 0.0134. The van der Waals surface area contributed by atoms with Crippen molar-refractivity contribution in [3.05, 3.63) is 12.7 Å². The molecule has 1 rings (SSSR count). The van der Waals surface area contributed by atoms with Crippen molar-refractivity contribution in [2.24, 2.45) is 0 Å². The Balaban J connectivity index is 2.01. The summed E-state index contributed by atoms with van der Waals surface area (Å²) >= 11 is 0. The first-order chi connectivity index (χ1) is 9.03. The van der Waals surface area contributed by atoms with Gasteiger partial charge in [0.05, 0.1) is 11.7 Å². The van der Waals surface area contributed by atoms with Crippen LogP contribution in [0.15, 0.2) is 12.7 Å². The molecule has 2 heteroatoms. The molecule has 1 fully saturated rings. The second-order valence-corrected chi connectivity index (χ2v) is 6.45. The molecule has 0 aromatic carbocycles. The number of hydrogen-bond acceptors (Lipinski definition) is 2. The Morgan fingerprint density at radius 3 is 2.37 bits per heavy atom. The fourth-order valence-corrected chi connectivity index (χ4v) is 2.86. The molecular formula is C17H32O2. The molecule has 0 unspecified atom stereocenters. The van der Waals surface area contributed by atoms with Crippen molar-refractivity contribution in [2.75, 3.05) is 0 Å². The normalized spacial score (nSPS) is 26.3. The topological polar surface area (TPSA) is 18.5 Å². The molecule has 1 aliphatic rings. The molecule has 0 N–H and O–H groups in total. The van der Waals surface area contributed by atoms with E-state index in [9.17, 15) is 0 Å². The van der Waals surface area contributed by atoms with Gasteiger partial charge in [-0.15, -0.1) is 6.58 Å². The molecule has 1 heterocycles. The first kappa shape index (κ1) is 16.7. The van der Waals surface area contributed by atoms with Crippen LogP contribution in [0.4, 0.5) is 0 Å². The van der Waals surface area contributed by atoms with Gasteiger partial charge >= 0.3 is 0 Å². The predicted octanol–water partition coefficient (Wildman–Crippen LogP) is 5.22. The van der Waals surface area contributed by atoms with E-state index in [2.05, 4.69) is 27.4 Å². The Kier molecular flexibility index (Phi) is 7.70. The van der Waals surface area contributed by atoms with Gasteiger partial charge in [-0.3, -0.25) is 0 Å². The van der Waals surface area contributed by atoms with Crippen LogP contribution in [-0.2, 0) is 9.47 Å². The van der Waals surface area contributed by atoms with Gasteiger partial charge in [-0.05, 0) is 46.5 Å². The SMILES string of the molecule is C=CCCCCCCCC[C@@H]1O[C@@H](C)CC(C)(C)O1. The number of allylic oxidation sites excluding steroid dienone is 1. The molecule has 112 valence electrons. The second-order valence-electron chi connectivity index (χ2n) is 6.45. The lowest BCUT2D eigenvalue weighted by molar-refractivity contribution is -0.270. The second kappa shape index (κ2) is 8.76. The standard InChI is InChI=1S/C17H32O2/c1-5-6-7-8-9-10-11-12-13-16-18-15(2)14-17(3,4)19-16/h5,15-16H,1,6-14H2,2-4H3/t15-,16+/m0/s1. The predicted molar refractivity (Wildman–Crippen MR) is 81.2 cm³/mol. The van der Waals surface area contributed by atoms with Gasteiger partial charge in [-0.25, -0.2) is 0 Å². The van der Waals surface area contributed by atoms with Crippen molar-refractivity contribution in [1.29, 1.82) is 0 Å². The van der Waals surface area contributed by atoms with Crippen molar-refractivity contribution in [3.8, 4) is 0 Å². The van der Waals surface area contributed by atoms with Crippen LogP contribution >= 0.6 is 0 Å². The largest absolute Gasteiger partial charge is 0.350 e. The Morgan fingerprint density at radius 1 is 1.11 bits per heavy atom. The zero-order valence-corrected chi connectivity index (χ0v) is 13.1. The molecule has 0 radical (unpaired) electrons. The molecule has 0 aromatic rings. The van der Waals surface area contributed by atoms with Crippen LogP contribution in [0.1, 0.15) is 78.6 Å². The lowest BCUT2D eigenvalue weighted by Gasteiger charge is -2.39. The van der Waals surface area contributed by atoms with Crippen molar-refractivity contribution in [2.45, 2.75) is 96.6 Å². The van der Waals surface area contributed by atoms with Gasteiger partial charge < -0.3 is 9.47 Å². The lowest BCUT2D eigenvalue weighted by Crippen LogP contribution is -2.42. The molecule has 0 aliphatic carbocycles. The maximum atomic E-state index is 5.97. The highest BCUT2D eigenvalue weighted by molar-refractivity contribution is 4.77. The lowest BCUT2D eigenvalue weighted by atomic mass is 9.99. The van der Waals surface area contributed by atoms with E-state index in [1.54, 1.807) is 0 Å². The summed E-state index contributed by atoms with van der Waals surface area (Å²) in [6.45, 7) is 10.2. The summed E-state index contributed by atoms with van der Waals surface area (Å²) in [5.74, 6) is 0. The molecule has 2 nitrogen and oxygen atoms in total. The van der Waals surface area contributed by atoms with E-state index >= 15 is 0 Å². The first-order valence-electron chi connectivity index (χ1n) is 7.98. The minimum atomic E-state index is -0.0208. The van der Waals surface area contributed by atoms with E-state index in [4.69, 9.17) is 9.47 Å². The van der Waals surface area contributed by atoms with Gasteiger partial charge in [-0.1, -0.05) is 31.8 Å². The van der Waals surface area contributed by atoms with Crippen LogP contribution in [0.25, 0.3) is 0 Å². The third-order valence-electron chi connectivity index (χ3n) is 3.71. The Hall–Kier alpha value is -0.340. The van der Waals surface area contributed by atoms with E-state index in [1.807, 2.05) is 6.08 Å². The third kappa shape index (κ3) is 7.74. The Morgan fingerprint density at radius 2 is 1.74 bits per heavy atom. The van der Waals surface area contributed by atoms with Crippen LogP contribution in [0.5, 0.6) is 0 Å². The van der Waals surface area contributed by atoms with Crippen molar-refractivity contribution < 1.29 is 9.47 Å². The monoisotopic (exact) mass is 268 g/mol. The zero-order chi connectivity index (χ0) is 14.1. The molecule has 0 saturated carbocycles. The smallest absolute Gasteiger partial charge is 0.158 e. The van der Waals surface area contributed by atoms with Gasteiger partial charge in [0.2, 0.25) is 0 Å². The van der Waals surface area contributed by atoms with Gasteiger partial charge in [0, 0.05) is 6.42 Å². The molecule has 0 aromatic heterocycles. The highest BCUT2D eigenvalue weighted by atomic mass is 16.7. The molecule has 0 bridgehead atoms. The number of hydrogen-bond donors (Lipinski definition) is 0. The van der Waals surface area contributed by atoms with Gasteiger partial charge in [0.25, 0.3) is 0 Å². The number of ether oxygens (including phenoxy) is 2. The fraction of sp³-hybridized carbons (Fsp3) is 0.882. The van der Waals surface area contributed by atoms with Gasteiger partial charge in [-0.2, -0.15) is 0 Å². The van der Waals surface area contributed by atoms with E-state index in [0.29, 0.717) is 6.10 Å². The highest BCUT2D eigenvalue weighted by Gasteiger charge is 2.32. The zero-order valence-electron chi connectivity index (χ0n) is 13.1. The summed E-state index contributed by atoms with van der Waals surface area (Å²) in [5.41, 5.74) is -0.0208. The van der Waals surface area contributed by atoms with Crippen molar-refractivity contribution in [1.82, 2.24) is 0 Å². The third-order valence-corrected chi connectivity index (χ3v) is 3.71. The summed E-state index contributed by atoms with van der Waals surface area (Å²) in [5, 5.41) is 0. The summed E-state index contributed by atoms with van der Waals surface area (Å²) < 4.78 is 11.8. The van der Waals surface area contributed by atoms with Crippen LogP contribution in [0.3, 0.4) is 0 Å². The van der Waals surface area contributed by atoms with Gasteiger partial charge in [0.15, 0.2) is 6.29 Å². The summed E-state index contributed by atoms with van der Waals surface area (Å²) in [4.78, 5) is 0. The number of rotatable bonds is 9. The van der Waals surface area contributed by atoms with Crippen LogP contribution in [-0.4, -0.2) is 18.0 Å². The molecule has 1 saturated heterocycles. The average Bonchev–Trinajstić information content (AvgIpc) is 2.30. The Bertz CT molecular complexity index is 248. The molecule has 0 spiro atoms. The van der Waals surface area contributed by atoms with Crippen LogP contribution < -0.4 is 0 Å².